The lowest BCUT2D eigenvalue weighted by molar-refractivity contribution is -0.159. The largest absolute Gasteiger partial charge is 0.459 e. The van der Waals surface area contributed by atoms with Crippen LogP contribution in [0.25, 0.3) is 21.5 Å². The first kappa shape index (κ1) is 20.3. The van der Waals surface area contributed by atoms with E-state index in [1.54, 1.807) is 11.8 Å². The highest BCUT2D eigenvalue weighted by Crippen LogP contribution is 2.35. The Labute approximate surface area is 178 Å². The summed E-state index contributed by atoms with van der Waals surface area (Å²) >= 11 is 1.66. The lowest BCUT2D eigenvalue weighted by Crippen LogP contribution is -2.38. The second kappa shape index (κ2) is 8.79. The lowest BCUT2D eigenvalue weighted by atomic mass is 9.79. The quantitative estimate of drug-likeness (QED) is 0.322. The van der Waals surface area contributed by atoms with Crippen LogP contribution < -0.4 is 0 Å². The average Bonchev–Trinajstić information content (AvgIpc) is 2.73. The third-order valence-electron chi connectivity index (χ3n) is 6.31. The molecular formula is C26H30O2S. The second-order valence-corrected chi connectivity index (χ2v) is 9.69. The van der Waals surface area contributed by atoms with Crippen LogP contribution in [0.2, 0.25) is 0 Å². The van der Waals surface area contributed by atoms with Crippen molar-refractivity contribution in [3.63, 3.8) is 0 Å². The van der Waals surface area contributed by atoms with E-state index in [1.807, 2.05) is 0 Å². The van der Waals surface area contributed by atoms with E-state index >= 15 is 0 Å². The van der Waals surface area contributed by atoms with Crippen molar-refractivity contribution in [2.75, 3.05) is 5.75 Å². The molecule has 0 atom stereocenters. The number of thioether (sulfide) groups is 1. The highest BCUT2D eigenvalue weighted by molar-refractivity contribution is 7.99. The number of hydrogen-bond donors (Lipinski definition) is 0. The average molecular weight is 407 g/mol. The van der Waals surface area contributed by atoms with Gasteiger partial charge in [0.25, 0.3) is 0 Å². The molecule has 152 valence electrons. The van der Waals surface area contributed by atoms with E-state index in [9.17, 15) is 4.79 Å². The monoisotopic (exact) mass is 406 g/mol. The zero-order chi connectivity index (χ0) is 20.3. The predicted molar refractivity (Wildman–Crippen MR) is 124 cm³/mol. The molecule has 0 saturated heterocycles. The third kappa shape index (κ3) is 4.61. The summed E-state index contributed by atoms with van der Waals surface area (Å²) in [6, 6.07) is 19.3. The first-order valence-corrected chi connectivity index (χ1v) is 11.9. The number of hydrogen-bond acceptors (Lipinski definition) is 3. The zero-order valence-electron chi connectivity index (χ0n) is 17.4. The smallest absolute Gasteiger partial charge is 0.316 e. The van der Waals surface area contributed by atoms with Crippen LogP contribution in [0, 0.1) is 5.92 Å². The van der Waals surface area contributed by atoms with Gasteiger partial charge in [0, 0.05) is 5.75 Å². The van der Waals surface area contributed by atoms with Gasteiger partial charge in [0.05, 0.1) is 5.75 Å². The summed E-state index contributed by atoms with van der Waals surface area (Å²) in [7, 11) is 0. The number of rotatable bonds is 6. The fraction of sp³-hybridized carbons (Fsp3) is 0.423. The molecule has 2 nitrogen and oxygen atoms in total. The number of carbonyl (C=O) groups is 1. The summed E-state index contributed by atoms with van der Waals surface area (Å²) in [5, 5.41) is 5.05. The third-order valence-corrected chi connectivity index (χ3v) is 7.25. The maximum absolute atomic E-state index is 12.6. The Morgan fingerprint density at radius 3 is 2.17 bits per heavy atom. The fourth-order valence-corrected chi connectivity index (χ4v) is 5.55. The molecule has 0 bridgehead atoms. The van der Waals surface area contributed by atoms with Crippen molar-refractivity contribution in [1.82, 2.24) is 0 Å². The van der Waals surface area contributed by atoms with Gasteiger partial charge in [0.1, 0.15) is 5.60 Å². The molecule has 0 aliphatic heterocycles. The Hall–Kier alpha value is -2.00. The molecule has 0 unspecified atom stereocenters. The molecule has 0 radical (unpaired) electrons. The first-order chi connectivity index (χ1) is 14.0. The minimum atomic E-state index is -0.357. The molecule has 3 aromatic carbocycles. The molecule has 0 heterocycles. The standard InChI is InChI=1S/C26H30O2S/c1-26(2,21-12-4-3-5-13-21)28-25(27)18-29-17-24-22-14-8-6-10-19(22)16-20-11-7-9-15-23(20)24/h6-11,14-16,21H,3-5,12-13,17-18H2,1-2H3. The van der Waals surface area contributed by atoms with Gasteiger partial charge in [0.2, 0.25) is 0 Å². The summed E-state index contributed by atoms with van der Waals surface area (Å²) in [6.45, 7) is 4.17. The highest BCUT2D eigenvalue weighted by Gasteiger charge is 2.33. The maximum Gasteiger partial charge on any atom is 0.316 e. The number of ether oxygens (including phenoxy) is 1. The zero-order valence-corrected chi connectivity index (χ0v) is 18.3. The number of fused-ring (bicyclic) bond motifs is 2. The van der Waals surface area contributed by atoms with Crippen molar-refractivity contribution in [2.45, 2.75) is 57.3 Å². The van der Waals surface area contributed by atoms with Gasteiger partial charge >= 0.3 is 5.97 Å². The molecule has 0 spiro atoms. The van der Waals surface area contributed by atoms with Crippen molar-refractivity contribution in [1.29, 1.82) is 0 Å². The normalized spacial score (nSPS) is 15.7. The lowest BCUT2D eigenvalue weighted by Gasteiger charge is -2.36. The number of carbonyl (C=O) groups excluding carboxylic acids is 1. The van der Waals surface area contributed by atoms with E-state index in [4.69, 9.17) is 4.74 Å². The van der Waals surface area contributed by atoms with Crippen LogP contribution in [0.5, 0.6) is 0 Å². The molecule has 29 heavy (non-hydrogen) atoms. The topological polar surface area (TPSA) is 26.3 Å². The fourth-order valence-electron chi connectivity index (χ4n) is 4.70. The molecular weight excluding hydrogens is 376 g/mol. The van der Waals surface area contributed by atoms with Gasteiger partial charge < -0.3 is 4.74 Å². The summed E-state index contributed by atoms with van der Waals surface area (Å²) in [4.78, 5) is 12.6. The van der Waals surface area contributed by atoms with Gasteiger partial charge in [-0.15, -0.1) is 11.8 Å². The summed E-state index contributed by atoms with van der Waals surface area (Å²) in [5.74, 6) is 1.61. The van der Waals surface area contributed by atoms with Crippen molar-refractivity contribution in [2.24, 2.45) is 5.92 Å². The van der Waals surface area contributed by atoms with Crippen LogP contribution in [0.15, 0.2) is 54.6 Å². The molecule has 0 N–H and O–H groups in total. The van der Waals surface area contributed by atoms with Crippen molar-refractivity contribution < 1.29 is 9.53 Å². The highest BCUT2D eigenvalue weighted by atomic mass is 32.2. The molecule has 4 rings (SSSR count). The Balaban J connectivity index is 1.45. The minimum absolute atomic E-state index is 0.0879. The SMILES string of the molecule is CC(C)(OC(=O)CSCc1c2ccccc2cc2ccccc12)C1CCCCC1. The Morgan fingerprint density at radius 1 is 0.966 bits per heavy atom. The van der Waals surface area contributed by atoms with E-state index in [1.165, 1.54) is 59.2 Å². The Morgan fingerprint density at radius 2 is 1.55 bits per heavy atom. The van der Waals surface area contributed by atoms with E-state index in [0.29, 0.717) is 11.7 Å². The molecule has 0 amide bonds. The van der Waals surface area contributed by atoms with E-state index in [2.05, 4.69) is 68.4 Å². The van der Waals surface area contributed by atoms with Crippen LogP contribution in [0.4, 0.5) is 0 Å². The Kier molecular flexibility index (Phi) is 6.15. The van der Waals surface area contributed by atoms with Crippen molar-refractivity contribution in [3.05, 3.63) is 60.2 Å². The molecule has 0 aromatic heterocycles. The predicted octanol–water partition coefficient (Wildman–Crippen LogP) is 7.13. The van der Waals surface area contributed by atoms with Crippen LogP contribution in [-0.4, -0.2) is 17.3 Å². The summed E-state index contributed by atoms with van der Waals surface area (Å²) < 4.78 is 5.93. The van der Waals surface area contributed by atoms with Crippen LogP contribution >= 0.6 is 11.8 Å². The second-order valence-electron chi connectivity index (χ2n) is 8.70. The van der Waals surface area contributed by atoms with Crippen LogP contribution in [0.3, 0.4) is 0 Å². The molecule has 1 aliphatic rings. The van der Waals surface area contributed by atoms with E-state index in [0.717, 1.165) is 5.75 Å². The van der Waals surface area contributed by atoms with Crippen LogP contribution in [0.1, 0.15) is 51.5 Å². The molecule has 3 heteroatoms. The Bertz CT molecular complexity index is 948. The first-order valence-electron chi connectivity index (χ1n) is 10.7. The molecule has 1 aliphatic carbocycles. The van der Waals surface area contributed by atoms with Crippen LogP contribution in [-0.2, 0) is 15.3 Å². The maximum atomic E-state index is 12.6. The summed E-state index contributed by atoms with van der Waals surface area (Å²) in [6.07, 6.45) is 6.18. The number of esters is 1. The van der Waals surface area contributed by atoms with Gasteiger partial charge in [-0.05, 0) is 65.8 Å². The van der Waals surface area contributed by atoms with Gasteiger partial charge in [-0.1, -0.05) is 67.8 Å². The summed E-state index contributed by atoms with van der Waals surface area (Å²) in [5.41, 5.74) is 0.951. The van der Waals surface area contributed by atoms with Crippen molar-refractivity contribution >= 4 is 39.3 Å². The van der Waals surface area contributed by atoms with E-state index < -0.39 is 0 Å². The molecule has 1 saturated carbocycles. The van der Waals surface area contributed by atoms with Gasteiger partial charge in [-0.3, -0.25) is 4.79 Å². The van der Waals surface area contributed by atoms with E-state index in [-0.39, 0.29) is 11.6 Å². The van der Waals surface area contributed by atoms with Gasteiger partial charge in [0.15, 0.2) is 0 Å². The van der Waals surface area contributed by atoms with Gasteiger partial charge in [-0.25, -0.2) is 0 Å². The molecule has 3 aromatic rings. The van der Waals surface area contributed by atoms with Crippen molar-refractivity contribution in [3.8, 4) is 0 Å². The molecule has 1 fully saturated rings. The minimum Gasteiger partial charge on any atom is -0.459 e. The number of benzene rings is 3. The van der Waals surface area contributed by atoms with Gasteiger partial charge in [-0.2, -0.15) is 0 Å².